The Labute approximate surface area is 266 Å². The third-order valence-electron chi connectivity index (χ3n) is 9.61. The minimum absolute atomic E-state index is 0.000665. The summed E-state index contributed by atoms with van der Waals surface area (Å²) < 4.78 is 47.4. The number of aromatic nitrogens is 2. The first-order valence-electron chi connectivity index (χ1n) is 16.0. The zero-order valence-electron chi connectivity index (χ0n) is 25.9. The molecule has 2 saturated heterocycles. The maximum Gasteiger partial charge on any atom is 0.421 e. The minimum Gasteiger partial charge on any atom is -0.494 e. The molecular formula is C33H39F3N8O2. The zero-order valence-corrected chi connectivity index (χ0v) is 25.9. The molecule has 1 amide bonds. The van der Waals surface area contributed by atoms with Crippen LogP contribution in [0.3, 0.4) is 0 Å². The van der Waals surface area contributed by atoms with Gasteiger partial charge in [0, 0.05) is 81.5 Å². The summed E-state index contributed by atoms with van der Waals surface area (Å²) in [6.07, 6.45) is 1.25. The Balaban J connectivity index is 1.01. The van der Waals surface area contributed by atoms with Crippen molar-refractivity contribution in [1.29, 1.82) is 0 Å². The lowest BCUT2D eigenvalue weighted by molar-refractivity contribution is -0.137. The minimum atomic E-state index is -4.66. The Kier molecular flexibility index (Phi) is 8.36. The molecule has 1 saturated carbocycles. The van der Waals surface area contributed by atoms with E-state index in [4.69, 9.17) is 4.74 Å². The predicted molar refractivity (Wildman–Crippen MR) is 171 cm³/mol. The van der Waals surface area contributed by atoms with Crippen molar-refractivity contribution in [3.05, 3.63) is 59.3 Å². The van der Waals surface area contributed by atoms with Crippen LogP contribution < -0.4 is 25.6 Å². The number of nitrogens with zero attached hydrogens (tertiary/aromatic N) is 5. The summed E-state index contributed by atoms with van der Waals surface area (Å²) in [6.45, 7) is 6.65. The van der Waals surface area contributed by atoms with E-state index >= 15 is 0 Å². The second-order valence-electron chi connectivity index (χ2n) is 12.5. The molecule has 1 aromatic heterocycles. The molecule has 1 aliphatic carbocycles. The molecule has 3 N–H and O–H groups in total. The Morgan fingerprint density at radius 3 is 2.37 bits per heavy atom. The van der Waals surface area contributed by atoms with Crippen LogP contribution in [0.1, 0.15) is 42.4 Å². The van der Waals surface area contributed by atoms with Crippen molar-refractivity contribution in [2.75, 3.05) is 67.2 Å². The molecule has 0 bridgehead atoms. The number of piperidine rings is 1. The molecule has 3 fully saturated rings. The molecule has 244 valence electrons. The number of carbonyl (C=O) groups is 1. The molecule has 4 aliphatic rings. The smallest absolute Gasteiger partial charge is 0.421 e. The topological polar surface area (TPSA) is 97.9 Å². The molecule has 3 aromatic rings. The van der Waals surface area contributed by atoms with E-state index in [0.29, 0.717) is 23.2 Å². The number of halogens is 3. The van der Waals surface area contributed by atoms with Gasteiger partial charge in [0.05, 0.1) is 19.2 Å². The predicted octanol–water partition coefficient (Wildman–Crippen LogP) is 5.10. The zero-order chi connectivity index (χ0) is 31.8. The highest BCUT2D eigenvalue weighted by atomic mass is 19.4. The lowest BCUT2D eigenvalue weighted by atomic mass is 10.0. The second kappa shape index (κ2) is 12.6. The highest BCUT2D eigenvalue weighted by Crippen LogP contribution is 2.37. The van der Waals surface area contributed by atoms with Crippen LogP contribution in [0.2, 0.25) is 0 Å². The molecule has 2 aromatic carbocycles. The largest absolute Gasteiger partial charge is 0.494 e. The molecule has 0 unspecified atom stereocenters. The SMILES string of the molecule is COc1cc(N2CCC(N3CCN(C4CC4)CC3)CC2)ccc1Nc1ncc(C(F)(F)F)c(NCc2cccc3c2CC(=O)N3)n1. The summed E-state index contributed by atoms with van der Waals surface area (Å²) in [7, 11) is 1.57. The maximum absolute atomic E-state index is 13.9. The van der Waals surface area contributed by atoms with Gasteiger partial charge in [-0.25, -0.2) is 4.98 Å². The average molecular weight is 637 g/mol. The monoisotopic (exact) mass is 636 g/mol. The van der Waals surface area contributed by atoms with Gasteiger partial charge in [-0.15, -0.1) is 0 Å². The molecule has 46 heavy (non-hydrogen) atoms. The van der Waals surface area contributed by atoms with Crippen LogP contribution >= 0.6 is 0 Å². The third kappa shape index (κ3) is 6.57. The first-order chi connectivity index (χ1) is 22.2. The van der Waals surface area contributed by atoms with Gasteiger partial charge in [0.2, 0.25) is 11.9 Å². The Morgan fingerprint density at radius 2 is 1.70 bits per heavy atom. The van der Waals surface area contributed by atoms with Crippen molar-refractivity contribution in [3.63, 3.8) is 0 Å². The number of anilines is 5. The van der Waals surface area contributed by atoms with E-state index in [0.717, 1.165) is 68.1 Å². The molecule has 0 radical (unpaired) electrons. The summed E-state index contributed by atoms with van der Waals surface area (Å²) in [5.74, 6) is 0.0477. The second-order valence-corrected chi connectivity index (χ2v) is 12.5. The van der Waals surface area contributed by atoms with Crippen LogP contribution in [0.25, 0.3) is 0 Å². The Bertz CT molecular complexity index is 1580. The highest BCUT2D eigenvalue weighted by molar-refractivity contribution is 5.99. The first kappa shape index (κ1) is 30.5. The van der Waals surface area contributed by atoms with Crippen molar-refractivity contribution >= 4 is 34.7 Å². The van der Waals surface area contributed by atoms with E-state index in [1.165, 1.54) is 25.9 Å². The highest BCUT2D eigenvalue weighted by Gasteiger charge is 2.36. The van der Waals surface area contributed by atoms with Crippen molar-refractivity contribution in [3.8, 4) is 5.75 Å². The van der Waals surface area contributed by atoms with E-state index in [-0.39, 0.29) is 30.6 Å². The number of amides is 1. The van der Waals surface area contributed by atoms with Gasteiger partial charge in [-0.1, -0.05) is 12.1 Å². The van der Waals surface area contributed by atoms with E-state index in [9.17, 15) is 18.0 Å². The molecule has 13 heteroatoms. The fourth-order valence-corrected chi connectivity index (χ4v) is 6.94. The number of piperazine rings is 1. The fraction of sp³-hybridized carbons (Fsp3) is 0.485. The molecule has 10 nitrogen and oxygen atoms in total. The van der Waals surface area contributed by atoms with Gasteiger partial charge in [-0.2, -0.15) is 18.2 Å². The normalized spacial score (nSPS) is 19.6. The average Bonchev–Trinajstić information content (AvgIpc) is 3.84. The van der Waals surface area contributed by atoms with Crippen molar-refractivity contribution in [2.45, 2.75) is 56.9 Å². The van der Waals surface area contributed by atoms with Crippen LogP contribution in [-0.4, -0.2) is 84.1 Å². The summed E-state index contributed by atoms with van der Waals surface area (Å²) >= 11 is 0. The van der Waals surface area contributed by atoms with Gasteiger partial charge in [0.15, 0.2) is 0 Å². The Morgan fingerprint density at radius 1 is 0.978 bits per heavy atom. The van der Waals surface area contributed by atoms with Gasteiger partial charge in [0.25, 0.3) is 0 Å². The maximum atomic E-state index is 13.9. The molecule has 0 atom stereocenters. The molecule has 0 spiro atoms. The third-order valence-corrected chi connectivity index (χ3v) is 9.61. The number of ether oxygens (including phenoxy) is 1. The van der Waals surface area contributed by atoms with Crippen molar-refractivity contribution in [2.24, 2.45) is 0 Å². The number of methoxy groups -OCH3 is 1. The number of hydrogen-bond acceptors (Lipinski definition) is 9. The van der Waals surface area contributed by atoms with Gasteiger partial charge < -0.3 is 25.6 Å². The van der Waals surface area contributed by atoms with Crippen LogP contribution in [-0.2, 0) is 23.9 Å². The van der Waals surface area contributed by atoms with Crippen LogP contribution in [0, 0.1) is 0 Å². The number of nitrogens with one attached hydrogen (secondary N) is 3. The van der Waals surface area contributed by atoms with Gasteiger partial charge in [-0.05, 0) is 55.0 Å². The molecular weight excluding hydrogens is 597 g/mol. The number of benzene rings is 2. The lowest BCUT2D eigenvalue weighted by Gasteiger charge is -2.43. The first-order valence-corrected chi connectivity index (χ1v) is 16.0. The molecule has 7 rings (SSSR count). The summed E-state index contributed by atoms with van der Waals surface area (Å²) in [4.78, 5) is 27.7. The summed E-state index contributed by atoms with van der Waals surface area (Å²) in [6, 6.07) is 12.6. The lowest BCUT2D eigenvalue weighted by Crippen LogP contribution is -2.53. The molecule has 4 heterocycles. The van der Waals surface area contributed by atoms with E-state index < -0.39 is 11.7 Å². The van der Waals surface area contributed by atoms with Crippen LogP contribution in [0.4, 0.5) is 42.0 Å². The quantitative estimate of drug-likeness (QED) is 0.296. The Hall–Kier alpha value is -4.10. The van der Waals surface area contributed by atoms with E-state index in [1.807, 2.05) is 18.2 Å². The van der Waals surface area contributed by atoms with E-state index in [1.54, 1.807) is 25.3 Å². The van der Waals surface area contributed by atoms with Crippen LogP contribution in [0.15, 0.2) is 42.6 Å². The summed E-state index contributed by atoms with van der Waals surface area (Å²) in [5, 5.41) is 8.64. The van der Waals surface area contributed by atoms with Crippen molar-refractivity contribution in [1.82, 2.24) is 19.8 Å². The standard InChI is InChI=1S/C33H39F3N8O2/c1-46-29-17-24(42-11-9-23(10-12-42)44-15-13-43(14-16-44)22-5-6-22)7-8-28(29)40-32-38-20-26(33(34,35)36)31(41-32)37-19-21-3-2-4-27-25(21)18-30(45)39-27/h2-4,7-8,17,20,22-23H,5-6,9-16,18-19H2,1H3,(H,39,45)(H2,37,38,40,41). The number of carbonyl (C=O) groups excluding carboxylic acids is 1. The number of rotatable bonds is 9. The number of hydrogen-bond donors (Lipinski definition) is 3. The van der Waals surface area contributed by atoms with Gasteiger partial charge >= 0.3 is 6.18 Å². The fourth-order valence-electron chi connectivity index (χ4n) is 6.94. The van der Waals surface area contributed by atoms with Crippen molar-refractivity contribution < 1.29 is 22.7 Å². The number of fused-ring (bicyclic) bond motifs is 1. The van der Waals surface area contributed by atoms with E-state index in [2.05, 4.69) is 40.6 Å². The van der Waals surface area contributed by atoms with Gasteiger partial charge in [-0.3, -0.25) is 14.6 Å². The number of alkyl halides is 3. The van der Waals surface area contributed by atoms with Gasteiger partial charge in [0.1, 0.15) is 17.1 Å². The molecule has 3 aliphatic heterocycles. The van der Waals surface area contributed by atoms with Crippen LogP contribution in [0.5, 0.6) is 5.75 Å². The summed E-state index contributed by atoms with van der Waals surface area (Å²) in [5.41, 5.74) is 2.77.